The Hall–Kier alpha value is -5.27. The molecule has 0 saturated carbocycles. The molecule has 3 atom stereocenters. The van der Waals surface area contributed by atoms with Crippen LogP contribution in [0.5, 0.6) is 17.2 Å². The van der Waals surface area contributed by atoms with E-state index in [0.717, 1.165) is 23.3 Å². The summed E-state index contributed by atoms with van der Waals surface area (Å²) in [5.41, 5.74) is 2.58. The van der Waals surface area contributed by atoms with Crippen molar-refractivity contribution in [3.63, 3.8) is 0 Å². The Morgan fingerprint density at radius 1 is 0.620 bits per heavy atom. The number of amides is 1. The Bertz CT molecular complexity index is 1590. The van der Waals surface area contributed by atoms with Crippen LogP contribution in [0.3, 0.4) is 0 Å². The van der Waals surface area contributed by atoms with E-state index in [1.807, 2.05) is 6.92 Å². The lowest BCUT2D eigenvalue weighted by molar-refractivity contribution is 0.104. The summed E-state index contributed by atoms with van der Waals surface area (Å²) in [6, 6.07) is 10.1. The molecule has 3 heterocycles. The third kappa shape index (κ3) is 11.4. The highest BCUT2D eigenvalue weighted by molar-refractivity contribution is 5.69. The molecular formula is C36H41F4N3O7. The fraction of sp³-hybridized carbons (Fsp3) is 0.361. The molecule has 3 aliphatic heterocycles. The van der Waals surface area contributed by atoms with Crippen LogP contribution in [0, 0.1) is 51.0 Å². The van der Waals surface area contributed by atoms with Crippen LogP contribution in [-0.4, -0.2) is 63.9 Å². The van der Waals surface area contributed by atoms with Crippen LogP contribution >= 0.6 is 0 Å². The molecule has 3 aliphatic rings. The van der Waals surface area contributed by atoms with Crippen LogP contribution in [0.4, 0.5) is 22.4 Å². The summed E-state index contributed by atoms with van der Waals surface area (Å²) in [7, 11) is 0. The number of cyclic esters (lactones) is 1. The molecule has 0 aromatic heterocycles. The summed E-state index contributed by atoms with van der Waals surface area (Å²) >= 11 is 0. The Morgan fingerprint density at radius 3 is 1.62 bits per heavy atom. The molecule has 3 fully saturated rings. The van der Waals surface area contributed by atoms with E-state index < -0.39 is 17.7 Å². The Labute approximate surface area is 288 Å². The number of hydrogen-bond acceptors (Lipinski definition) is 9. The molecule has 0 bridgehead atoms. The number of carbonyl (C=O) groups excluding carboxylic acids is 1. The predicted octanol–water partition coefficient (Wildman–Crippen LogP) is 6.01. The van der Waals surface area contributed by atoms with Gasteiger partial charge in [-0.25, -0.2) is 22.4 Å². The highest BCUT2D eigenvalue weighted by Gasteiger charge is 2.23. The van der Waals surface area contributed by atoms with Gasteiger partial charge in [0, 0.05) is 12.1 Å². The van der Waals surface area contributed by atoms with E-state index in [1.165, 1.54) is 19.1 Å². The van der Waals surface area contributed by atoms with Crippen molar-refractivity contribution in [2.24, 2.45) is 0 Å². The molecule has 0 spiro atoms. The minimum Gasteiger partial charge on any atom is -0.490 e. The highest BCUT2D eigenvalue weighted by atomic mass is 19.1. The lowest BCUT2D eigenvalue weighted by Gasteiger charge is -2.13. The third-order valence-electron chi connectivity index (χ3n) is 7.27. The van der Waals surface area contributed by atoms with Crippen molar-refractivity contribution in [1.29, 1.82) is 0 Å². The van der Waals surface area contributed by atoms with Gasteiger partial charge in [-0.2, -0.15) is 0 Å². The van der Waals surface area contributed by atoms with E-state index in [1.54, 1.807) is 32.0 Å². The molecule has 0 radical (unpaired) electrons. The minimum absolute atomic E-state index is 0.0939. The Balaban J connectivity index is 0.000000169. The fourth-order valence-corrected chi connectivity index (χ4v) is 4.89. The second kappa shape index (κ2) is 17.4. The maximum Gasteiger partial charge on any atom is 0.407 e. The van der Waals surface area contributed by atoms with Crippen molar-refractivity contribution in [3.05, 3.63) is 113 Å². The van der Waals surface area contributed by atoms with Gasteiger partial charge < -0.3 is 44.4 Å². The number of ether oxygens (including phenoxy) is 6. The first-order valence-corrected chi connectivity index (χ1v) is 15.8. The number of carbonyl (C=O) groups is 1. The number of alkyl carbamates (subject to hydrolysis) is 1. The number of rotatable bonds is 9. The normalized spacial score (nSPS) is 18.9. The van der Waals surface area contributed by atoms with Crippen molar-refractivity contribution in [3.8, 4) is 17.2 Å². The van der Waals surface area contributed by atoms with Crippen LogP contribution in [0.15, 0.2) is 67.4 Å². The van der Waals surface area contributed by atoms with Gasteiger partial charge in [-0.3, -0.25) is 0 Å². The Kier molecular flexibility index (Phi) is 13.1. The molecule has 14 heteroatoms. The van der Waals surface area contributed by atoms with Gasteiger partial charge in [0.2, 0.25) is 0 Å². The maximum absolute atomic E-state index is 13.7. The van der Waals surface area contributed by atoms with Gasteiger partial charge in [-0.1, -0.05) is 6.07 Å². The van der Waals surface area contributed by atoms with E-state index in [2.05, 4.69) is 29.1 Å². The van der Waals surface area contributed by atoms with Gasteiger partial charge in [0.15, 0.2) is 53.2 Å². The largest absolute Gasteiger partial charge is 0.490 e. The minimum atomic E-state index is -0.545. The average Bonchev–Trinajstić information content (AvgIpc) is 3.79. The van der Waals surface area contributed by atoms with Gasteiger partial charge in [0.1, 0.15) is 37.2 Å². The van der Waals surface area contributed by atoms with Crippen LogP contribution in [0.2, 0.25) is 0 Å². The van der Waals surface area contributed by atoms with Crippen molar-refractivity contribution < 1.29 is 50.8 Å². The molecular weight excluding hydrogens is 662 g/mol. The first kappa shape index (κ1) is 37.5. The van der Waals surface area contributed by atoms with Crippen LogP contribution in [0.25, 0.3) is 0 Å². The molecule has 0 aliphatic carbocycles. The quantitative estimate of drug-likeness (QED) is 0.231. The van der Waals surface area contributed by atoms with Gasteiger partial charge in [0.05, 0.1) is 19.6 Å². The smallest absolute Gasteiger partial charge is 0.407 e. The molecule has 1 amide bonds. The highest BCUT2D eigenvalue weighted by Crippen LogP contribution is 2.24. The van der Waals surface area contributed by atoms with E-state index in [9.17, 15) is 22.4 Å². The van der Waals surface area contributed by atoms with Gasteiger partial charge >= 0.3 is 6.09 Å². The van der Waals surface area contributed by atoms with E-state index in [0.29, 0.717) is 49.3 Å². The number of aryl methyl sites for hydroxylation is 4. The standard InChI is InChI=1S/C13H16FNO2.C12H13F2NO2.C11H12FNO3/c1-8-4-9(2)13(14)12(5-8)16-7-11-6-15-10(3)17-11;1-7-3-9(13)4-11(12(7)14)16-6-10-5-15-8(2)17-10;1-7-2-8(12)4-9(3-7)15-6-10-5-13-11(14)16-10/h4-5,11,15H,3,6-7H2,1-2H3;3-4,10,15H,2,5-6H2,1H3;2-4,10H,5-6H2,1H3,(H,13,14). The topological polar surface area (TPSA) is 109 Å². The third-order valence-corrected chi connectivity index (χ3v) is 7.27. The van der Waals surface area contributed by atoms with Gasteiger partial charge in [0.25, 0.3) is 0 Å². The van der Waals surface area contributed by atoms with Gasteiger partial charge in [-0.15, -0.1) is 0 Å². The lowest BCUT2D eigenvalue weighted by Crippen LogP contribution is -2.22. The SMILES string of the molecule is C=C1NCC(COc2cc(C)cc(C)c2F)O1.C=C1NCC(COc2cc(F)cc(C)c2F)O1.Cc1cc(F)cc(OCC2CNC(=O)O2)c1. The number of benzene rings is 3. The number of halogens is 4. The first-order chi connectivity index (χ1) is 23.7. The molecule has 270 valence electrons. The molecule has 6 rings (SSSR count). The zero-order valence-electron chi connectivity index (χ0n) is 28.3. The molecule has 10 nitrogen and oxygen atoms in total. The number of nitrogens with one attached hydrogen (secondary N) is 3. The van der Waals surface area contributed by atoms with E-state index >= 15 is 0 Å². The van der Waals surface area contributed by atoms with Crippen molar-refractivity contribution >= 4 is 6.09 Å². The molecule has 3 unspecified atom stereocenters. The number of hydrogen-bond donors (Lipinski definition) is 3. The molecule has 3 aromatic rings. The van der Waals surface area contributed by atoms with Crippen LogP contribution < -0.4 is 30.2 Å². The van der Waals surface area contributed by atoms with E-state index in [4.69, 9.17) is 28.4 Å². The Morgan fingerprint density at radius 2 is 1.10 bits per heavy atom. The second-order valence-electron chi connectivity index (χ2n) is 11.8. The second-order valence-corrected chi connectivity index (χ2v) is 11.8. The first-order valence-electron chi connectivity index (χ1n) is 15.8. The fourth-order valence-electron chi connectivity index (χ4n) is 4.89. The summed E-state index contributed by atoms with van der Waals surface area (Å²) < 4.78 is 84.8. The summed E-state index contributed by atoms with van der Waals surface area (Å²) in [4.78, 5) is 10.7. The molecule has 50 heavy (non-hydrogen) atoms. The van der Waals surface area contributed by atoms with E-state index in [-0.39, 0.29) is 60.2 Å². The van der Waals surface area contributed by atoms with Crippen LogP contribution in [0.1, 0.15) is 22.3 Å². The molecule has 3 saturated heterocycles. The van der Waals surface area contributed by atoms with Crippen molar-refractivity contribution in [1.82, 2.24) is 16.0 Å². The maximum atomic E-state index is 13.7. The summed E-state index contributed by atoms with van der Waals surface area (Å²) in [6.07, 6.45) is -1.09. The monoisotopic (exact) mass is 703 g/mol. The van der Waals surface area contributed by atoms with Crippen molar-refractivity contribution in [2.45, 2.75) is 46.0 Å². The molecule has 3 N–H and O–H groups in total. The zero-order chi connectivity index (χ0) is 36.4. The van der Waals surface area contributed by atoms with Gasteiger partial charge in [-0.05, 0) is 87.4 Å². The summed E-state index contributed by atoms with van der Waals surface area (Å²) in [5.74, 6) is -0.0662. The molecule has 3 aromatic carbocycles. The zero-order valence-corrected chi connectivity index (χ0v) is 28.3. The lowest BCUT2D eigenvalue weighted by atomic mass is 10.1. The summed E-state index contributed by atoms with van der Waals surface area (Å²) in [5, 5.41) is 8.34. The van der Waals surface area contributed by atoms with Crippen molar-refractivity contribution in [2.75, 3.05) is 39.5 Å². The predicted molar refractivity (Wildman–Crippen MR) is 177 cm³/mol. The van der Waals surface area contributed by atoms with Crippen LogP contribution in [-0.2, 0) is 14.2 Å². The average molecular weight is 704 g/mol. The summed E-state index contributed by atoms with van der Waals surface area (Å²) in [6.45, 7) is 16.4.